The minimum absolute atomic E-state index is 0.00173. The molecule has 7 nitrogen and oxygen atoms in total. The maximum atomic E-state index is 12.0. The fourth-order valence-corrected chi connectivity index (χ4v) is 2.55. The number of carbonyl (C=O) groups excluding carboxylic acids is 1. The van der Waals surface area contributed by atoms with Gasteiger partial charge in [0.25, 0.3) is 0 Å². The van der Waals surface area contributed by atoms with Gasteiger partial charge in [0.15, 0.2) is 0 Å². The number of methoxy groups -OCH3 is 1. The van der Waals surface area contributed by atoms with Gasteiger partial charge in [0, 0.05) is 6.54 Å². The van der Waals surface area contributed by atoms with Crippen LogP contribution in [0.2, 0.25) is 0 Å². The van der Waals surface area contributed by atoms with E-state index in [0.29, 0.717) is 0 Å². The smallest absolute Gasteiger partial charge is 0.337 e. The highest BCUT2D eigenvalue weighted by Crippen LogP contribution is 2.11. The normalized spacial score (nSPS) is 12.7. The lowest BCUT2D eigenvalue weighted by molar-refractivity contribution is -0.141. The van der Waals surface area contributed by atoms with Crippen molar-refractivity contribution in [1.82, 2.24) is 4.72 Å². The number of aliphatic carboxylic acids is 1. The van der Waals surface area contributed by atoms with Crippen LogP contribution in [0.5, 0.6) is 0 Å². The van der Waals surface area contributed by atoms with Gasteiger partial charge in [-0.2, -0.15) is 0 Å². The molecule has 1 aromatic carbocycles. The van der Waals surface area contributed by atoms with Crippen molar-refractivity contribution in [3.05, 3.63) is 29.8 Å². The molecule has 0 aliphatic heterocycles. The van der Waals surface area contributed by atoms with E-state index in [1.165, 1.54) is 38.3 Å². The number of hydrogen-bond donors (Lipinski definition) is 2. The first-order valence-corrected chi connectivity index (χ1v) is 7.67. The molecule has 8 heteroatoms. The Balaban J connectivity index is 2.70. The maximum absolute atomic E-state index is 12.0. The lowest BCUT2D eigenvalue weighted by atomic mass is 10.1. The van der Waals surface area contributed by atoms with E-state index in [1.807, 2.05) is 0 Å². The second-order valence-electron chi connectivity index (χ2n) is 4.44. The fraction of sp³-hybridized carbons (Fsp3) is 0.385. The molecular formula is C13H17NO6S. The van der Waals surface area contributed by atoms with Crippen molar-refractivity contribution in [3.8, 4) is 0 Å². The van der Waals surface area contributed by atoms with Gasteiger partial charge in [-0.1, -0.05) is 6.92 Å². The molecule has 0 saturated carbocycles. The molecule has 0 bridgehead atoms. The molecule has 0 heterocycles. The summed E-state index contributed by atoms with van der Waals surface area (Å²) in [4.78, 5) is 21.9. The molecule has 0 spiro atoms. The van der Waals surface area contributed by atoms with E-state index in [2.05, 4.69) is 9.46 Å². The molecule has 0 aromatic heterocycles. The number of rotatable bonds is 7. The Labute approximate surface area is 123 Å². The van der Waals surface area contributed by atoms with Crippen LogP contribution in [0.3, 0.4) is 0 Å². The molecular weight excluding hydrogens is 298 g/mol. The van der Waals surface area contributed by atoms with Crippen LogP contribution in [0.1, 0.15) is 23.7 Å². The second-order valence-corrected chi connectivity index (χ2v) is 6.21. The predicted molar refractivity (Wildman–Crippen MR) is 74.4 cm³/mol. The SMILES string of the molecule is COC(=O)c1ccc(S(=O)(=O)NCCC(C)C(=O)O)cc1. The van der Waals surface area contributed by atoms with Crippen LogP contribution in [0, 0.1) is 5.92 Å². The largest absolute Gasteiger partial charge is 0.481 e. The molecule has 21 heavy (non-hydrogen) atoms. The van der Waals surface area contributed by atoms with E-state index in [4.69, 9.17) is 5.11 Å². The summed E-state index contributed by atoms with van der Waals surface area (Å²) >= 11 is 0. The summed E-state index contributed by atoms with van der Waals surface area (Å²) in [6, 6.07) is 5.27. The zero-order valence-corrected chi connectivity index (χ0v) is 12.5. The second kappa shape index (κ2) is 7.19. The summed E-state index contributed by atoms with van der Waals surface area (Å²) < 4.78 is 30.8. The van der Waals surface area contributed by atoms with Crippen LogP contribution >= 0.6 is 0 Å². The first-order valence-electron chi connectivity index (χ1n) is 6.19. The predicted octanol–water partition coefficient (Wildman–Crippen LogP) is 0.862. The molecule has 0 aliphatic rings. The van der Waals surface area contributed by atoms with Crippen molar-refractivity contribution >= 4 is 22.0 Å². The monoisotopic (exact) mass is 315 g/mol. The number of nitrogens with one attached hydrogen (secondary N) is 1. The highest BCUT2D eigenvalue weighted by molar-refractivity contribution is 7.89. The summed E-state index contributed by atoms with van der Waals surface area (Å²) in [7, 11) is -2.49. The zero-order chi connectivity index (χ0) is 16.0. The molecule has 0 aliphatic carbocycles. The molecule has 1 aromatic rings. The third-order valence-electron chi connectivity index (χ3n) is 2.88. The number of sulfonamides is 1. The van der Waals surface area contributed by atoms with E-state index in [1.54, 1.807) is 0 Å². The Hall–Kier alpha value is -1.93. The van der Waals surface area contributed by atoms with E-state index >= 15 is 0 Å². The highest BCUT2D eigenvalue weighted by atomic mass is 32.2. The highest BCUT2D eigenvalue weighted by Gasteiger charge is 2.16. The van der Waals surface area contributed by atoms with Gasteiger partial charge in [0.2, 0.25) is 10.0 Å². The first kappa shape index (κ1) is 17.1. The van der Waals surface area contributed by atoms with Gasteiger partial charge < -0.3 is 9.84 Å². The van der Waals surface area contributed by atoms with Crippen LogP contribution < -0.4 is 4.72 Å². The van der Waals surface area contributed by atoms with Gasteiger partial charge >= 0.3 is 11.9 Å². The molecule has 116 valence electrons. The Kier molecular flexibility index (Phi) is 5.86. The van der Waals surface area contributed by atoms with Crippen molar-refractivity contribution in [2.24, 2.45) is 5.92 Å². The fourth-order valence-electron chi connectivity index (χ4n) is 1.50. The summed E-state index contributed by atoms with van der Waals surface area (Å²) in [5.74, 6) is -2.16. The minimum atomic E-state index is -3.73. The van der Waals surface area contributed by atoms with Gasteiger partial charge in [-0.25, -0.2) is 17.9 Å². The van der Waals surface area contributed by atoms with Crippen molar-refractivity contribution < 1.29 is 27.9 Å². The van der Waals surface area contributed by atoms with Gasteiger partial charge in [-0.3, -0.25) is 4.79 Å². The Morgan fingerprint density at radius 3 is 2.33 bits per heavy atom. The molecule has 0 fully saturated rings. The topological polar surface area (TPSA) is 110 Å². The van der Waals surface area contributed by atoms with Crippen LogP contribution in [-0.4, -0.2) is 39.1 Å². The quantitative estimate of drug-likeness (QED) is 0.722. The van der Waals surface area contributed by atoms with Crippen molar-refractivity contribution in [2.75, 3.05) is 13.7 Å². The number of ether oxygens (including phenoxy) is 1. The van der Waals surface area contributed by atoms with E-state index < -0.39 is 27.9 Å². The minimum Gasteiger partial charge on any atom is -0.481 e. The molecule has 0 amide bonds. The summed E-state index contributed by atoms with van der Waals surface area (Å²) in [6.45, 7) is 1.52. The molecule has 0 saturated heterocycles. The third kappa shape index (κ3) is 4.83. The molecule has 1 rings (SSSR count). The van der Waals surface area contributed by atoms with Gasteiger partial charge in [0.1, 0.15) is 0 Å². The molecule has 2 N–H and O–H groups in total. The average Bonchev–Trinajstić information content (AvgIpc) is 2.46. The lowest BCUT2D eigenvalue weighted by Gasteiger charge is -2.09. The lowest BCUT2D eigenvalue weighted by Crippen LogP contribution is -2.27. The van der Waals surface area contributed by atoms with Gasteiger partial charge in [-0.15, -0.1) is 0 Å². The Morgan fingerprint density at radius 2 is 1.86 bits per heavy atom. The average molecular weight is 315 g/mol. The van der Waals surface area contributed by atoms with Crippen molar-refractivity contribution in [1.29, 1.82) is 0 Å². The van der Waals surface area contributed by atoms with Crippen LogP contribution in [0.25, 0.3) is 0 Å². The van der Waals surface area contributed by atoms with E-state index in [-0.39, 0.29) is 23.4 Å². The number of hydrogen-bond acceptors (Lipinski definition) is 5. The van der Waals surface area contributed by atoms with E-state index in [9.17, 15) is 18.0 Å². The van der Waals surface area contributed by atoms with E-state index in [0.717, 1.165) is 0 Å². The number of carboxylic acids is 1. The van der Waals surface area contributed by atoms with Gasteiger partial charge in [-0.05, 0) is 30.7 Å². The Bertz CT molecular complexity index is 608. The number of carbonyl (C=O) groups is 2. The third-order valence-corrected chi connectivity index (χ3v) is 4.35. The zero-order valence-electron chi connectivity index (χ0n) is 11.7. The van der Waals surface area contributed by atoms with Gasteiger partial charge in [0.05, 0.1) is 23.5 Å². The Morgan fingerprint density at radius 1 is 1.29 bits per heavy atom. The maximum Gasteiger partial charge on any atom is 0.337 e. The number of esters is 1. The summed E-state index contributed by atoms with van der Waals surface area (Å²) in [5.41, 5.74) is 0.246. The molecule has 0 radical (unpaired) electrons. The number of benzene rings is 1. The molecule has 1 unspecified atom stereocenters. The van der Waals surface area contributed by atoms with Crippen molar-refractivity contribution in [3.63, 3.8) is 0 Å². The summed E-state index contributed by atoms with van der Waals surface area (Å²) in [6.07, 6.45) is 0.189. The first-order chi connectivity index (χ1) is 9.77. The summed E-state index contributed by atoms with van der Waals surface area (Å²) in [5, 5.41) is 8.71. The standard InChI is InChI=1S/C13H17NO6S/c1-9(12(15)16)7-8-14-21(18,19)11-5-3-10(4-6-11)13(17)20-2/h3-6,9,14H,7-8H2,1-2H3,(H,15,16). The molecule has 1 atom stereocenters. The van der Waals surface area contributed by atoms with Crippen LogP contribution in [0.4, 0.5) is 0 Å². The van der Waals surface area contributed by atoms with Crippen molar-refractivity contribution in [2.45, 2.75) is 18.2 Å². The van der Waals surface area contributed by atoms with Crippen LogP contribution in [-0.2, 0) is 19.6 Å². The number of carboxylic acid groups (broad SMARTS) is 1. The van der Waals surface area contributed by atoms with Crippen LogP contribution in [0.15, 0.2) is 29.2 Å².